The van der Waals surface area contributed by atoms with Crippen LogP contribution in [0.25, 0.3) is 0 Å². The van der Waals surface area contributed by atoms with Crippen LogP contribution in [-0.2, 0) is 24.3 Å². The fourth-order valence-electron chi connectivity index (χ4n) is 2.74. The highest BCUT2D eigenvalue weighted by Crippen LogP contribution is 2.25. The molecule has 1 atom stereocenters. The van der Waals surface area contributed by atoms with E-state index in [2.05, 4.69) is 0 Å². The number of benzene rings is 1. The van der Waals surface area contributed by atoms with E-state index in [0.29, 0.717) is 19.4 Å². The number of carbonyl (C=O) groups is 2. The van der Waals surface area contributed by atoms with Gasteiger partial charge < -0.3 is 4.74 Å². The quantitative estimate of drug-likeness (QED) is 0.700. The predicted molar refractivity (Wildman–Crippen MR) is 88.9 cm³/mol. The van der Waals surface area contributed by atoms with Crippen LogP contribution in [0.5, 0.6) is 0 Å². The number of carbonyl (C=O) groups excluding carboxylic acids is 2. The topological polar surface area (TPSA) is 80.8 Å². The van der Waals surface area contributed by atoms with Crippen LogP contribution in [0, 0.1) is 12.8 Å². The van der Waals surface area contributed by atoms with Gasteiger partial charge in [0.05, 0.1) is 18.0 Å². The van der Waals surface area contributed by atoms with Crippen LogP contribution in [0.15, 0.2) is 29.2 Å². The largest absolute Gasteiger partial charge is 0.466 e. The number of ether oxygens (including phenoxy) is 1. The van der Waals surface area contributed by atoms with Crippen molar-refractivity contribution < 1.29 is 22.7 Å². The number of ketones is 1. The van der Waals surface area contributed by atoms with E-state index in [1.165, 1.54) is 4.31 Å². The standard InChI is InChI=1S/C17H23NO5S/c1-3-23-17(20)6-4-5-14-11-18(12-16(14)19)24(21,22)15-9-7-13(2)8-10-15/h7-10,14H,3-6,11-12H2,1-2H3. The van der Waals surface area contributed by atoms with Crippen LogP contribution in [-0.4, -0.2) is 44.2 Å². The highest BCUT2D eigenvalue weighted by atomic mass is 32.2. The third-order valence-electron chi connectivity index (χ3n) is 4.11. The van der Waals surface area contributed by atoms with Gasteiger partial charge in [0.1, 0.15) is 0 Å². The molecule has 6 nitrogen and oxygen atoms in total. The Morgan fingerprint density at radius 1 is 1.29 bits per heavy atom. The van der Waals surface area contributed by atoms with Gasteiger partial charge in [-0.15, -0.1) is 0 Å². The highest BCUT2D eigenvalue weighted by Gasteiger charge is 2.37. The molecule has 0 aromatic heterocycles. The molecule has 0 spiro atoms. The lowest BCUT2D eigenvalue weighted by molar-refractivity contribution is -0.143. The summed E-state index contributed by atoms with van der Waals surface area (Å²) < 4.78 is 31.3. The van der Waals surface area contributed by atoms with Crippen LogP contribution in [0.3, 0.4) is 0 Å². The van der Waals surface area contributed by atoms with Crippen molar-refractivity contribution in [2.24, 2.45) is 5.92 Å². The molecule has 0 radical (unpaired) electrons. The van der Waals surface area contributed by atoms with Crippen molar-refractivity contribution in [2.45, 2.75) is 38.0 Å². The van der Waals surface area contributed by atoms with E-state index in [-0.39, 0.29) is 42.1 Å². The third-order valence-corrected chi connectivity index (χ3v) is 5.94. The monoisotopic (exact) mass is 353 g/mol. The number of aryl methyl sites for hydroxylation is 1. The molecule has 2 rings (SSSR count). The maximum Gasteiger partial charge on any atom is 0.305 e. The molecule has 1 unspecified atom stereocenters. The molecule has 1 aromatic carbocycles. The van der Waals surface area contributed by atoms with Gasteiger partial charge in [-0.3, -0.25) is 9.59 Å². The molecule has 7 heteroatoms. The van der Waals surface area contributed by atoms with Crippen LogP contribution in [0.1, 0.15) is 31.7 Å². The smallest absolute Gasteiger partial charge is 0.305 e. The molecule has 1 heterocycles. The summed E-state index contributed by atoms with van der Waals surface area (Å²) in [5.74, 6) is -0.721. The zero-order chi connectivity index (χ0) is 17.7. The van der Waals surface area contributed by atoms with Crippen molar-refractivity contribution in [3.05, 3.63) is 29.8 Å². The number of esters is 1. The number of hydrogen-bond acceptors (Lipinski definition) is 5. The first kappa shape index (κ1) is 18.6. The van der Waals surface area contributed by atoms with Crippen LogP contribution < -0.4 is 0 Å². The Morgan fingerprint density at radius 2 is 1.96 bits per heavy atom. The Balaban J connectivity index is 1.96. The minimum atomic E-state index is -3.65. The fourth-order valence-corrected chi connectivity index (χ4v) is 4.19. The number of hydrogen-bond donors (Lipinski definition) is 0. The normalized spacial score (nSPS) is 18.8. The zero-order valence-corrected chi connectivity index (χ0v) is 14.8. The summed E-state index contributed by atoms with van der Waals surface area (Å²) in [6, 6.07) is 6.59. The summed E-state index contributed by atoms with van der Waals surface area (Å²) in [7, 11) is -3.65. The molecule has 132 valence electrons. The van der Waals surface area contributed by atoms with Crippen molar-refractivity contribution in [3.8, 4) is 0 Å². The molecule has 0 amide bonds. The first-order valence-corrected chi connectivity index (χ1v) is 9.53. The molecule has 1 aromatic rings. The molecule has 1 fully saturated rings. The van der Waals surface area contributed by atoms with Gasteiger partial charge >= 0.3 is 5.97 Å². The minimum Gasteiger partial charge on any atom is -0.466 e. The fraction of sp³-hybridized carbons (Fsp3) is 0.529. The molecule has 1 saturated heterocycles. The second-order valence-electron chi connectivity index (χ2n) is 5.97. The third kappa shape index (κ3) is 4.42. The summed E-state index contributed by atoms with van der Waals surface area (Å²) in [5, 5.41) is 0. The first-order chi connectivity index (χ1) is 11.3. The van der Waals surface area contributed by atoms with Gasteiger partial charge in [0, 0.05) is 18.9 Å². The van der Waals surface area contributed by atoms with E-state index < -0.39 is 10.0 Å². The summed E-state index contributed by atoms with van der Waals surface area (Å²) >= 11 is 0. The molecule has 1 aliphatic rings. The molecule has 0 aliphatic carbocycles. The van der Waals surface area contributed by atoms with E-state index in [0.717, 1.165) is 5.56 Å². The maximum absolute atomic E-state index is 12.6. The van der Waals surface area contributed by atoms with E-state index in [9.17, 15) is 18.0 Å². The average Bonchev–Trinajstić information content (AvgIpc) is 2.90. The number of Topliss-reactive ketones (excluding diaryl/α,β-unsaturated/α-hetero) is 1. The minimum absolute atomic E-state index is 0.0884. The second-order valence-corrected chi connectivity index (χ2v) is 7.91. The number of nitrogens with zero attached hydrogens (tertiary/aromatic N) is 1. The Kier molecular flexibility index (Phi) is 6.12. The van der Waals surface area contributed by atoms with Gasteiger partial charge in [0.15, 0.2) is 5.78 Å². The summed E-state index contributed by atoms with van der Waals surface area (Å²) in [6.07, 6.45) is 1.27. The number of sulfonamides is 1. The molecular formula is C17H23NO5S. The van der Waals surface area contributed by atoms with Crippen molar-refractivity contribution in [1.29, 1.82) is 0 Å². The van der Waals surface area contributed by atoms with E-state index >= 15 is 0 Å². The maximum atomic E-state index is 12.6. The lowest BCUT2D eigenvalue weighted by atomic mass is 10.0. The van der Waals surface area contributed by atoms with Crippen molar-refractivity contribution in [2.75, 3.05) is 19.7 Å². The Labute approximate surface area is 142 Å². The number of rotatable bonds is 7. The van der Waals surface area contributed by atoms with Gasteiger partial charge in [-0.1, -0.05) is 17.7 Å². The van der Waals surface area contributed by atoms with Crippen molar-refractivity contribution in [1.82, 2.24) is 4.31 Å². The van der Waals surface area contributed by atoms with E-state index in [1.54, 1.807) is 31.2 Å². The first-order valence-electron chi connectivity index (χ1n) is 8.09. The van der Waals surface area contributed by atoms with Crippen LogP contribution >= 0.6 is 0 Å². The van der Waals surface area contributed by atoms with E-state index in [1.807, 2.05) is 6.92 Å². The highest BCUT2D eigenvalue weighted by molar-refractivity contribution is 7.89. The predicted octanol–water partition coefficient (Wildman–Crippen LogP) is 1.92. The molecule has 0 N–H and O–H groups in total. The molecule has 0 saturated carbocycles. The van der Waals surface area contributed by atoms with Gasteiger partial charge in [-0.25, -0.2) is 8.42 Å². The zero-order valence-electron chi connectivity index (χ0n) is 14.0. The average molecular weight is 353 g/mol. The van der Waals surface area contributed by atoms with Crippen LogP contribution in [0.4, 0.5) is 0 Å². The van der Waals surface area contributed by atoms with Gasteiger partial charge in [0.2, 0.25) is 10.0 Å². The molecule has 0 bridgehead atoms. The summed E-state index contributed by atoms with van der Waals surface area (Å²) in [6.45, 7) is 4.05. The lowest BCUT2D eigenvalue weighted by Gasteiger charge is -2.15. The van der Waals surface area contributed by atoms with Gasteiger partial charge in [-0.05, 0) is 38.8 Å². The molecular weight excluding hydrogens is 330 g/mol. The summed E-state index contributed by atoms with van der Waals surface area (Å²) in [4.78, 5) is 23.6. The SMILES string of the molecule is CCOC(=O)CCCC1CN(S(=O)(=O)c2ccc(C)cc2)CC1=O. The van der Waals surface area contributed by atoms with Gasteiger partial charge in [-0.2, -0.15) is 4.31 Å². The van der Waals surface area contributed by atoms with Crippen molar-refractivity contribution in [3.63, 3.8) is 0 Å². The second kappa shape index (κ2) is 7.90. The van der Waals surface area contributed by atoms with Crippen molar-refractivity contribution >= 4 is 21.8 Å². The Morgan fingerprint density at radius 3 is 2.58 bits per heavy atom. The Bertz CT molecular complexity index is 696. The summed E-state index contributed by atoms with van der Waals surface area (Å²) in [5.41, 5.74) is 0.975. The van der Waals surface area contributed by atoms with Crippen LogP contribution in [0.2, 0.25) is 0 Å². The Hall–Kier alpha value is -1.73. The molecule has 1 aliphatic heterocycles. The lowest BCUT2D eigenvalue weighted by Crippen LogP contribution is -2.29. The van der Waals surface area contributed by atoms with Gasteiger partial charge in [0.25, 0.3) is 0 Å². The molecule has 24 heavy (non-hydrogen) atoms. The van der Waals surface area contributed by atoms with E-state index in [4.69, 9.17) is 4.74 Å².